The Kier molecular flexibility index (Phi) is 2.82. The van der Waals surface area contributed by atoms with Crippen LogP contribution in [0.25, 0.3) is 0 Å². The largest absolute Gasteiger partial charge is 0.274 e. The first-order valence-electron chi connectivity index (χ1n) is 8.98. The van der Waals surface area contributed by atoms with Gasteiger partial charge >= 0.3 is 0 Å². The SMILES string of the molecule is O=C1[C@H]2[C@H](C(=O)N1c1nccs1)[C@@H]1c3ccccc3[C@@H]2[C@H]2C=CC=C[C@@H]21. The van der Waals surface area contributed by atoms with E-state index in [2.05, 4.69) is 41.4 Å². The van der Waals surface area contributed by atoms with Crippen molar-refractivity contribution in [2.45, 2.75) is 11.8 Å². The van der Waals surface area contributed by atoms with Crippen LogP contribution in [0, 0.1) is 23.7 Å². The fourth-order valence-corrected chi connectivity index (χ4v) is 6.39. The lowest BCUT2D eigenvalue weighted by atomic mass is 9.48. The molecule has 0 unspecified atom stereocenters. The van der Waals surface area contributed by atoms with Gasteiger partial charge in [-0.1, -0.05) is 48.6 Å². The average molecular weight is 360 g/mol. The number of anilines is 1. The van der Waals surface area contributed by atoms with E-state index < -0.39 is 0 Å². The molecule has 6 atom stereocenters. The van der Waals surface area contributed by atoms with Gasteiger partial charge in [0, 0.05) is 23.4 Å². The van der Waals surface area contributed by atoms with Gasteiger partial charge in [0.25, 0.3) is 0 Å². The maximum absolute atomic E-state index is 13.4. The molecule has 4 nitrogen and oxygen atoms in total. The predicted molar refractivity (Wildman–Crippen MR) is 98.8 cm³/mol. The summed E-state index contributed by atoms with van der Waals surface area (Å²) in [5.74, 6) is 0.0139. The molecule has 128 valence electrons. The molecule has 1 aromatic carbocycles. The molecular weight excluding hydrogens is 344 g/mol. The van der Waals surface area contributed by atoms with Crippen LogP contribution in [0.3, 0.4) is 0 Å². The first-order chi connectivity index (χ1) is 12.8. The number of aromatic nitrogens is 1. The standard InChI is InChI=1S/C21H16N2O2S/c24-19-17-15-11-5-1-2-6-12(11)16(14-8-4-3-7-13(14)15)18(17)20(25)23(19)21-22-9-10-26-21/h1-12,15-18H/t11-,12-,15-,16-,17+,18+/m0/s1. The number of benzene rings is 1. The number of thiazole rings is 1. The highest BCUT2D eigenvalue weighted by Crippen LogP contribution is 2.64. The molecule has 0 N–H and O–H groups in total. The van der Waals surface area contributed by atoms with E-state index in [1.807, 2.05) is 17.5 Å². The molecular formula is C21H16N2O2S. The van der Waals surface area contributed by atoms with E-state index in [0.717, 1.165) is 0 Å². The van der Waals surface area contributed by atoms with Crippen LogP contribution >= 0.6 is 11.3 Å². The third kappa shape index (κ3) is 1.62. The lowest BCUT2D eigenvalue weighted by Crippen LogP contribution is -2.49. The maximum Gasteiger partial charge on any atom is 0.240 e. The molecule has 7 rings (SSSR count). The van der Waals surface area contributed by atoms with E-state index in [-0.39, 0.29) is 47.3 Å². The molecule has 1 saturated carbocycles. The van der Waals surface area contributed by atoms with Crippen LogP contribution in [-0.2, 0) is 9.59 Å². The molecule has 2 heterocycles. The van der Waals surface area contributed by atoms with E-state index in [9.17, 15) is 9.59 Å². The Morgan fingerprint density at radius 2 is 1.42 bits per heavy atom. The Morgan fingerprint density at radius 3 is 1.92 bits per heavy atom. The second-order valence-corrected chi connectivity index (χ2v) is 8.36. The summed E-state index contributed by atoms with van der Waals surface area (Å²) in [6.07, 6.45) is 10.3. The van der Waals surface area contributed by atoms with Crippen molar-refractivity contribution < 1.29 is 9.59 Å². The lowest BCUT2D eigenvalue weighted by molar-refractivity contribution is -0.125. The van der Waals surface area contributed by atoms with Crippen molar-refractivity contribution in [2.24, 2.45) is 23.7 Å². The van der Waals surface area contributed by atoms with Gasteiger partial charge in [0.1, 0.15) is 0 Å². The zero-order chi connectivity index (χ0) is 17.4. The normalized spacial score (nSPS) is 36.2. The third-order valence-electron chi connectivity index (χ3n) is 6.55. The highest BCUT2D eigenvalue weighted by molar-refractivity contribution is 7.14. The molecule has 5 aliphatic rings. The van der Waals surface area contributed by atoms with E-state index >= 15 is 0 Å². The second kappa shape index (κ2) is 5.01. The molecule has 1 aromatic heterocycles. The Balaban J connectivity index is 1.57. The van der Waals surface area contributed by atoms with Gasteiger partial charge in [-0.25, -0.2) is 9.88 Å². The fourth-order valence-electron chi connectivity index (χ4n) is 5.74. The van der Waals surface area contributed by atoms with Crippen molar-refractivity contribution in [3.05, 3.63) is 71.3 Å². The summed E-state index contributed by atoms with van der Waals surface area (Å²) in [7, 11) is 0. The number of imide groups is 1. The Bertz CT molecular complexity index is 930. The minimum absolute atomic E-state index is 0.0637. The molecule has 2 bridgehead atoms. The van der Waals surface area contributed by atoms with Gasteiger partial charge in [-0.05, 0) is 23.0 Å². The number of rotatable bonds is 1. The van der Waals surface area contributed by atoms with Gasteiger partial charge < -0.3 is 0 Å². The molecule has 2 fully saturated rings. The van der Waals surface area contributed by atoms with Crippen molar-refractivity contribution in [3.63, 3.8) is 0 Å². The number of hydrogen-bond donors (Lipinski definition) is 0. The van der Waals surface area contributed by atoms with Crippen LogP contribution in [0.2, 0.25) is 0 Å². The molecule has 2 aromatic rings. The first kappa shape index (κ1) is 14.6. The Morgan fingerprint density at radius 1 is 0.846 bits per heavy atom. The minimum atomic E-state index is -0.274. The van der Waals surface area contributed by atoms with E-state index in [0.29, 0.717) is 5.13 Å². The van der Waals surface area contributed by atoms with Gasteiger partial charge in [-0.2, -0.15) is 0 Å². The number of amides is 2. The van der Waals surface area contributed by atoms with Gasteiger partial charge in [0.15, 0.2) is 5.13 Å². The summed E-state index contributed by atoms with van der Waals surface area (Å²) >= 11 is 1.35. The van der Waals surface area contributed by atoms with Gasteiger partial charge in [0.05, 0.1) is 11.8 Å². The highest BCUT2D eigenvalue weighted by Gasteiger charge is 2.65. The number of carbonyl (C=O) groups excluding carboxylic acids is 2. The van der Waals surface area contributed by atoms with E-state index in [1.165, 1.54) is 27.4 Å². The molecule has 1 saturated heterocycles. The Hall–Kier alpha value is -2.53. The number of allylic oxidation sites excluding steroid dienone is 4. The predicted octanol–water partition coefficient (Wildman–Crippen LogP) is 3.50. The van der Waals surface area contributed by atoms with Crippen molar-refractivity contribution in [3.8, 4) is 0 Å². The lowest BCUT2D eigenvalue weighted by Gasteiger charge is -2.53. The highest BCUT2D eigenvalue weighted by atomic mass is 32.1. The van der Waals surface area contributed by atoms with Crippen molar-refractivity contribution in [2.75, 3.05) is 4.90 Å². The zero-order valence-electron chi connectivity index (χ0n) is 13.9. The van der Waals surface area contributed by atoms with Crippen molar-refractivity contribution >= 4 is 28.3 Å². The average Bonchev–Trinajstić information content (AvgIpc) is 3.29. The fraction of sp³-hybridized carbons (Fsp3) is 0.286. The van der Waals surface area contributed by atoms with Gasteiger partial charge in [0.2, 0.25) is 11.8 Å². The second-order valence-electron chi connectivity index (χ2n) is 7.48. The zero-order valence-corrected chi connectivity index (χ0v) is 14.7. The quantitative estimate of drug-likeness (QED) is 0.732. The molecule has 0 spiro atoms. The molecule has 1 aliphatic heterocycles. The minimum Gasteiger partial charge on any atom is -0.274 e. The van der Waals surface area contributed by atoms with Crippen LogP contribution in [0.1, 0.15) is 23.0 Å². The van der Waals surface area contributed by atoms with Crippen molar-refractivity contribution in [1.29, 1.82) is 0 Å². The molecule has 26 heavy (non-hydrogen) atoms. The molecule has 0 radical (unpaired) electrons. The summed E-state index contributed by atoms with van der Waals surface area (Å²) in [4.78, 5) is 32.3. The van der Waals surface area contributed by atoms with Crippen molar-refractivity contribution in [1.82, 2.24) is 4.98 Å². The molecule has 4 aliphatic carbocycles. The summed E-state index contributed by atoms with van der Waals surface area (Å²) < 4.78 is 0. The summed E-state index contributed by atoms with van der Waals surface area (Å²) in [5.41, 5.74) is 2.50. The number of carbonyl (C=O) groups is 2. The number of nitrogens with zero attached hydrogens (tertiary/aromatic N) is 2. The van der Waals surface area contributed by atoms with E-state index in [4.69, 9.17) is 0 Å². The summed E-state index contributed by atoms with van der Waals surface area (Å²) in [5, 5.41) is 2.32. The van der Waals surface area contributed by atoms with E-state index in [1.54, 1.807) is 6.20 Å². The first-order valence-corrected chi connectivity index (χ1v) is 9.86. The summed E-state index contributed by atoms with van der Waals surface area (Å²) in [6.45, 7) is 0. The monoisotopic (exact) mass is 360 g/mol. The molecule has 2 amide bonds. The number of hydrogen-bond acceptors (Lipinski definition) is 4. The maximum atomic E-state index is 13.4. The van der Waals surface area contributed by atoms with Crippen LogP contribution < -0.4 is 4.90 Å². The van der Waals surface area contributed by atoms with Crippen LogP contribution in [0.15, 0.2) is 60.1 Å². The van der Waals surface area contributed by atoms with Crippen LogP contribution in [-0.4, -0.2) is 16.8 Å². The molecule has 5 heteroatoms. The summed E-state index contributed by atoms with van der Waals surface area (Å²) in [6, 6.07) is 8.39. The van der Waals surface area contributed by atoms with Crippen LogP contribution in [0.4, 0.5) is 5.13 Å². The van der Waals surface area contributed by atoms with Gasteiger partial charge in [-0.3, -0.25) is 9.59 Å². The van der Waals surface area contributed by atoms with Gasteiger partial charge in [-0.15, -0.1) is 11.3 Å². The smallest absolute Gasteiger partial charge is 0.240 e. The third-order valence-corrected chi connectivity index (χ3v) is 7.30. The van der Waals surface area contributed by atoms with Crippen LogP contribution in [0.5, 0.6) is 0 Å². The topological polar surface area (TPSA) is 50.3 Å². The Labute approximate surface area is 154 Å².